The van der Waals surface area contributed by atoms with Crippen LogP contribution in [0.25, 0.3) is 21.5 Å². The van der Waals surface area contributed by atoms with Gasteiger partial charge >= 0.3 is 23.9 Å². The Morgan fingerprint density at radius 2 is 1.12 bits per heavy atom. The fourth-order valence-electron chi connectivity index (χ4n) is 6.97. The van der Waals surface area contributed by atoms with Gasteiger partial charge in [0.15, 0.2) is 0 Å². The molecule has 268 valence electrons. The van der Waals surface area contributed by atoms with E-state index in [4.69, 9.17) is 19.6 Å². The number of carbonyl (C=O) groups excluding carboxylic acids is 4. The van der Waals surface area contributed by atoms with Crippen molar-refractivity contribution in [3.8, 4) is 0 Å². The highest BCUT2D eigenvalue weighted by Crippen LogP contribution is 2.35. The highest BCUT2D eigenvalue weighted by molar-refractivity contribution is 6.05. The van der Waals surface area contributed by atoms with Gasteiger partial charge in [-0.3, -0.25) is 0 Å². The molecule has 1 aliphatic rings. The molecule has 0 bridgehead atoms. The Hall–Kier alpha value is -4.98. The van der Waals surface area contributed by atoms with E-state index in [1.807, 2.05) is 60.7 Å². The fourth-order valence-corrected chi connectivity index (χ4v) is 6.97. The molecule has 51 heavy (non-hydrogen) atoms. The number of rotatable bonds is 16. The van der Waals surface area contributed by atoms with Crippen LogP contribution in [0.4, 0.5) is 0 Å². The van der Waals surface area contributed by atoms with Crippen molar-refractivity contribution in [1.29, 1.82) is 0 Å². The molecule has 0 N–H and O–H groups in total. The maximum Gasteiger partial charge on any atom is 0.386 e. The number of hydrogen-bond acceptors (Lipinski definition) is 8. The Bertz CT molecular complexity index is 1800. The largest absolute Gasteiger partial charge is 0.386 e. The van der Waals surface area contributed by atoms with Gasteiger partial charge in [0.25, 0.3) is 0 Å². The van der Waals surface area contributed by atoms with E-state index in [1.54, 1.807) is 24.3 Å². The lowest BCUT2D eigenvalue weighted by Gasteiger charge is -2.30. The Kier molecular flexibility index (Phi) is 14.2. The van der Waals surface area contributed by atoms with Crippen LogP contribution in [0.5, 0.6) is 0 Å². The van der Waals surface area contributed by atoms with Crippen LogP contribution < -0.4 is 0 Å². The quantitative estimate of drug-likeness (QED) is 0.0494. The second-order valence-electron chi connectivity index (χ2n) is 13.5. The van der Waals surface area contributed by atoms with Crippen molar-refractivity contribution in [2.45, 2.75) is 90.4 Å². The summed E-state index contributed by atoms with van der Waals surface area (Å²) in [5.74, 6) is -2.53. The molecule has 8 heteroatoms. The zero-order valence-corrected chi connectivity index (χ0v) is 29.4. The van der Waals surface area contributed by atoms with Gasteiger partial charge in [-0.05, 0) is 71.2 Å². The summed E-state index contributed by atoms with van der Waals surface area (Å²) in [5, 5.41) is 3.29. The third-order valence-corrected chi connectivity index (χ3v) is 9.78. The Labute approximate surface area is 300 Å². The molecule has 0 aliphatic heterocycles. The number of fused-ring (bicyclic) bond motifs is 2. The summed E-state index contributed by atoms with van der Waals surface area (Å²) in [6.07, 6.45) is 15.9. The van der Waals surface area contributed by atoms with Crippen LogP contribution in [0.2, 0.25) is 0 Å². The van der Waals surface area contributed by atoms with Crippen molar-refractivity contribution in [1.82, 2.24) is 0 Å². The maximum atomic E-state index is 13.4. The van der Waals surface area contributed by atoms with E-state index in [-0.39, 0.29) is 24.2 Å². The van der Waals surface area contributed by atoms with Gasteiger partial charge in [0.05, 0.1) is 23.5 Å². The third kappa shape index (κ3) is 10.8. The molecular formula is C43H48O8. The van der Waals surface area contributed by atoms with Gasteiger partial charge in [-0.25, -0.2) is 38.7 Å². The summed E-state index contributed by atoms with van der Waals surface area (Å²) in [5.41, 5.74) is 0.704. The predicted octanol–water partition coefficient (Wildman–Crippen LogP) is 10.4. The number of unbranched alkanes of at least 4 members (excludes halogenated alkanes) is 7. The van der Waals surface area contributed by atoms with Crippen LogP contribution in [0.15, 0.2) is 97.1 Å². The van der Waals surface area contributed by atoms with Crippen LogP contribution in [0.3, 0.4) is 0 Å². The van der Waals surface area contributed by atoms with Crippen LogP contribution in [-0.2, 0) is 29.1 Å². The van der Waals surface area contributed by atoms with Gasteiger partial charge in [0.1, 0.15) is 0 Å². The van der Waals surface area contributed by atoms with E-state index in [1.165, 1.54) is 0 Å². The summed E-state index contributed by atoms with van der Waals surface area (Å²) in [6.45, 7) is 2.18. The summed E-state index contributed by atoms with van der Waals surface area (Å²) in [7, 11) is 0. The lowest BCUT2D eigenvalue weighted by Crippen LogP contribution is -2.30. The zero-order chi connectivity index (χ0) is 35.8. The first-order valence-corrected chi connectivity index (χ1v) is 18.4. The Morgan fingerprint density at radius 1 is 0.569 bits per heavy atom. The van der Waals surface area contributed by atoms with Crippen molar-refractivity contribution in [2.24, 2.45) is 17.8 Å². The average Bonchev–Trinajstić information content (AvgIpc) is 3.17. The minimum atomic E-state index is -0.697. The van der Waals surface area contributed by atoms with Crippen molar-refractivity contribution < 1.29 is 38.7 Å². The molecule has 3 atom stereocenters. The summed E-state index contributed by atoms with van der Waals surface area (Å²) >= 11 is 0. The van der Waals surface area contributed by atoms with Crippen LogP contribution >= 0.6 is 0 Å². The van der Waals surface area contributed by atoms with Gasteiger partial charge in [0.2, 0.25) is 0 Å². The van der Waals surface area contributed by atoms with E-state index >= 15 is 0 Å². The SMILES string of the molecule is CCCCCCC1C=CC(CCCCCCCC(=O)OOC(=O)c2cccc3ccccc23)CC1C(=O)OOC(=O)c1cccc2ccccc12. The van der Waals surface area contributed by atoms with Crippen molar-refractivity contribution >= 4 is 45.4 Å². The first kappa shape index (κ1) is 37.3. The lowest BCUT2D eigenvalue weighted by atomic mass is 9.75. The molecule has 5 rings (SSSR count). The van der Waals surface area contributed by atoms with E-state index < -0.39 is 23.9 Å². The van der Waals surface area contributed by atoms with Crippen molar-refractivity contribution in [3.63, 3.8) is 0 Å². The van der Waals surface area contributed by atoms with E-state index in [0.29, 0.717) is 24.0 Å². The molecule has 0 aromatic heterocycles. The van der Waals surface area contributed by atoms with Gasteiger partial charge in [-0.2, -0.15) is 0 Å². The van der Waals surface area contributed by atoms with Crippen molar-refractivity contribution in [3.05, 3.63) is 108 Å². The molecule has 0 radical (unpaired) electrons. The molecule has 1 aliphatic carbocycles. The topological polar surface area (TPSA) is 105 Å². The first-order chi connectivity index (χ1) is 24.9. The Morgan fingerprint density at radius 3 is 1.78 bits per heavy atom. The van der Waals surface area contributed by atoms with Crippen LogP contribution in [-0.4, -0.2) is 23.9 Å². The molecule has 3 unspecified atom stereocenters. The highest BCUT2D eigenvalue weighted by atomic mass is 17.2. The van der Waals surface area contributed by atoms with Gasteiger partial charge in [0, 0.05) is 0 Å². The smallest absolute Gasteiger partial charge is 0.247 e. The van der Waals surface area contributed by atoms with Crippen LogP contribution in [0.1, 0.15) is 111 Å². The molecule has 0 saturated heterocycles. The van der Waals surface area contributed by atoms with Crippen LogP contribution in [0, 0.1) is 17.8 Å². The molecule has 8 nitrogen and oxygen atoms in total. The summed E-state index contributed by atoms with van der Waals surface area (Å²) in [6, 6.07) is 25.7. The Balaban J connectivity index is 1.02. The molecule has 0 heterocycles. The van der Waals surface area contributed by atoms with E-state index in [9.17, 15) is 19.2 Å². The fraction of sp³-hybridized carbons (Fsp3) is 0.395. The van der Waals surface area contributed by atoms with E-state index in [0.717, 1.165) is 85.8 Å². The second kappa shape index (κ2) is 19.4. The second-order valence-corrected chi connectivity index (χ2v) is 13.5. The summed E-state index contributed by atoms with van der Waals surface area (Å²) in [4.78, 5) is 70.9. The maximum absolute atomic E-state index is 13.4. The van der Waals surface area contributed by atoms with Gasteiger partial charge < -0.3 is 0 Å². The first-order valence-electron chi connectivity index (χ1n) is 18.4. The zero-order valence-electron chi connectivity index (χ0n) is 29.4. The van der Waals surface area contributed by atoms with E-state index in [2.05, 4.69) is 19.1 Å². The van der Waals surface area contributed by atoms with Crippen molar-refractivity contribution in [2.75, 3.05) is 0 Å². The standard InChI is InChI=1S/C43H48O8/c1-2-3-4-9-18-34-29-28-31(30-39(34)43(47)51-50-42(46)38-26-16-22-33-20-12-14-24-36(33)38)17-8-6-5-7-10-27-40(44)48-49-41(45)37-25-15-21-32-19-11-13-23-35(32)37/h11-16,19-26,28-29,31,34,39H,2-10,17-18,27,30H2,1H3. The number of allylic oxidation sites excluding steroid dienone is 2. The summed E-state index contributed by atoms with van der Waals surface area (Å²) < 4.78 is 0. The third-order valence-electron chi connectivity index (χ3n) is 9.78. The molecule has 0 spiro atoms. The monoisotopic (exact) mass is 692 g/mol. The molecule has 4 aromatic carbocycles. The minimum absolute atomic E-state index is 0.0490. The molecule has 0 saturated carbocycles. The molecule has 0 amide bonds. The highest BCUT2D eigenvalue weighted by Gasteiger charge is 2.34. The van der Waals surface area contributed by atoms with Gasteiger partial charge in [-0.15, -0.1) is 0 Å². The van der Waals surface area contributed by atoms with Gasteiger partial charge in [-0.1, -0.05) is 143 Å². The normalized spacial score (nSPS) is 16.8. The molecule has 0 fully saturated rings. The molecule has 4 aromatic rings. The number of carbonyl (C=O) groups is 4. The average molecular weight is 693 g/mol. The number of hydrogen-bond donors (Lipinski definition) is 0. The molecular weight excluding hydrogens is 644 g/mol. The predicted molar refractivity (Wildman–Crippen MR) is 196 cm³/mol. The number of benzene rings is 4. The minimum Gasteiger partial charge on any atom is -0.247 e. The lowest BCUT2D eigenvalue weighted by molar-refractivity contribution is -0.240.